The second kappa shape index (κ2) is 15.8. The number of nitrogens with two attached hydrogens (primary N) is 3. The fraction of sp³-hybridized carbons (Fsp3) is 0.611. The summed E-state index contributed by atoms with van der Waals surface area (Å²) in [5.74, 6) is -7.74. The van der Waals surface area contributed by atoms with E-state index in [4.69, 9.17) is 37.6 Å². The molecule has 17 heteroatoms. The Morgan fingerprint density at radius 1 is 0.771 bits per heavy atom. The number of aliphatic carboxylic acids is 3. The smallest absolute Gasteiger partial charge is 0.328 e. The van der Waals surface area contributed by atoms with Gasteiger partial charge < -0.3 is 53.6 Å². The van der Waals surface area contributed by atoms with Gasteiger partial charge in [-0.3, -0.25) is 29.0 Å². The van der Waals surface area contributed by atoms with Crippen LogP contribution in [0.3, 0.4) is 0 Å². The molecule has 0 fully saturated rings. The van der Waals surface area contributed by atoms with Gasteiger partial charge in [0.1, 0.15) is 18.1 Å². The Balaban J connectivity index is 5.40. The highest BCUT2D eigenvalue weighted by Gasteiger charge is 2.31. The lowest BCUT2D eigenvalue weighted by atomic mass is 10.1. The molecule has 13 N–H and O–H groups in total. The molecule has 0 bridgehead atoms. The van der Waals surface area contributed by atoms with E-state index in [0.717, 1.165) is 0 Å². The number of nitrogens with zero attached hydrogens (tertiary/aromatic N) is 1. The van der Waals surface area contributed by atoms with Gasteiger partial charge in [-0.25, -0.2) is 4.79 Å². The summed E-state index contributed by atoms with van der Waals surface area (Å²) in [6.07, 6.45) is -1.63. The highest BCUT2D eigenvalue weighted by atomic mass is 16.4. The minimum atomic E-state index is -1.74. The molecular formula is C18H31N7O10. The van der Waals surface area contributed by atoms with Crippen LogP contribution in [0, 0.1) is 0 Å². The van der Waals surface area contributed by atoms with E-state index in [-0.39, 0.29) is 18.9 Å². The van der Waals surface area contributed by atoms with Crippen molar-refractivity contribution in [2.24, 2.45) is 22.2 Å². The number of hydrogen-bond donors (Lipinski definition) is 10. The zero-order chi connectivity index (χ0) is 27.1. The molecule has 0 saturated carbocycles. The third-order valence-electron chi connectivity index (χ3n) is 4.39. The number of aliphatic imine (C=N–C) groups is 1. The Kier molecular flexibility index (Phi) is 14.0. The third-order valence-corrected chi connectivity index (χ3v) is 4.39. The van der Waals surface area contributed by atoms with Crippen LogP contribution in [-0.4, -0.2) is 99.3 Å². The summed E-state index contributed by atoms with van der Waals surface area (Å²) in [6, 6.07) is -6.20. The van der Waals surface area contributed by atoms with Gasteiger partial charge in [0.15, 0.2) is 5.96 Å². The molecule has 198 valence electrons. The van der Waals surface area contributed by atoms with E-state index < -0.39 is 85.7 Å². The number of carboxylic acids is 3. The lowest BCUT2D eigenvalue weighted by Crippen LogP contribution is -2.57. The summed E-state index contributed by atoms with van der Waals surface area (Å²) in [7, 11) is 0. The minimum Gasteiger partial charge on any atom is -0.481 e. The van der Waals surface area contributed by atoms with E-state index >= 15 is 0 Å². The average Bonchev–Trinajstić information content (AvgIpc) is 2.75. The Labute approximate surface area is 199 Å². The summed E-state index contributed by atoms with van der Waals surface area (Å²) in [5, 5.41) is 42.1. The van der Waals surface area contributed by atoms with Crippen molar-refractivity contribution in [2.75, 3.05) is 13.2 Å². The number of guanidine groups is 1. The van der Waals surface area contributed by atoms with Crippen LogP contribution in [0.1, 0.15) is 32.1 Å². The number of carbonyl (C=O) groups excluding carboxylic acids is 3. The Bertz CT molecular complexity index is 815. The van der Waals surface area contributed by atoms with Crippen molar-refractivity contribution in [1.82, 2.24) is 16.0 Å². The molecular weight excluding hydrogens is 474 g/mol. The second-order valence-corrected chi connectivity index (χ2v) is 7.29. The van der Waals surface area contributed by atoms with Gasteiger partial charge >= 0.3 is 17.9 Å². The molecule has 0 aromatic rings. The maximum absolute atomic E-state index is 12.7. The maximum Gasteiger partial charge on any atom is 0.328 e. The van der Waals surface area contributed by atoms with Gasteiger partial charge in [-0.1, -0.05) is 0 Å². The Morgan fingerprint density at radius 2 is 1.31 bits per heavy atom. The summed E-state index contributed by atoms with van der Waals surface area (Å²) < 4.78 is 0. The lowest BCUT2D eigenvalue weighted by Gasteiger charge is -2.24. The fourth-order valence-corrected chi connectivity index (χ4v) is 2.58. The summed E-state index contributed by atoms with van der Waals surface area (Å²) in [4.78, 5) is 74.2. The van der Waals surface area contributed by atoms with Gasteiger partial charge in [0.05, 0.1) is 19.1 Å². The molecule has 35 heavy (non-hydrogen) atoms. The summed E-state index contributed by atoms with van der Waals surface area (Å²) in [5.41, 5.74) is 16.1. The maximum atomic E-state index is 12.7. The molecule has 0 spiro atoms. The van der Waals surface area contributed by atoms with Crippen LogP contribution in [-0.2, 0) is 28.8 Å². The van der Waals surface area contributed by atoms with E-state index in [1.54, 1.807) is 0 Å². The molecule has 0 aromatic carbocycles. The molecule has 4 atom stereocenters. The van der Waals surface area contributed by atoms with Crippen molar-refractivity contribution < 1.29 is 49.2 Å². The van der Waals surface area contributed by atoms with E-state index in [1.165, 1.54) is 0 Å². The SMILES string of the molecule is NC(N)=NCCCC(N)C(=O)NC(CC(=O)O)C(=O)NC(CCC(=O)O)C(=O)NC(CO)C(=O)O. The van der Waals surface area contributed by atoms with Crippen molar-refractivity contribution in [2.45, 2.75) is 56.3 Å². The predicted octanol–water partition coefficient (Wildman–Crippen LogP) is -4.76. The minimum absolute atomic E-state index is 0.0887. The topological polar surface area (TPSA) is 310 Å². The third kappa shape index (κ3) is 13.3. The van der Waals surface area contributed by atoms with Gasteiger partial charge in [0, 0.05) is 13.0 Å². The van der Waals surface area contributed by atoms with E-state index in [2.05, 4.69) is 15.6 Å². The van der Waals surface area contributed by atoms with Gasteiger partial charge in [0.25, 0.3) is 0 Å². The number of amides is 3. The quantitative estimate of drug-likeness (QED) is 0.0504. The molecule has 17 nitrogen and oxygen atoms in total. The average molecular weight is 505 g/mol. The van der Waals surface area contributed by atoms with Crippen molar-refractivity contribution in [3.05, 3.63) is 0 Å². The van der Waals surface area contributed by atoms with Crippen molar-refractivity contribution in [3.63, 3.8) is 0 Å². The summed E-state index contributed by atoms with van der Waals surface area (Å²) in [6.45, 7) is -0.812. The standard InChI is InChI=1S/C18H31N7O10/c19-8(2-1-5-22-18(20)21)14(31)24-10(6-13(29)30)16(33)23-9(3-4-12(27)28)15(32)25-11(7-26)17(34)35/h8-11,26H,1-7,19H2,(H,23,33)(H,24,31)(H,25,32)(H,27,28)(H,29,30)(H,34,35)(H4,20,21,22). The number of aliphatic hydroxyl groups excluding tert-OH is 1. The normalized spacial score (nSPS) is 13.9. The van der Waals surface area contributed by atoms with Gasteiger partial charge in [0.2, 0.25) is 17.7 Å². The van der Waals surface area contributed by atoms with Crippen molar-refractivity contribution in [1.29, 1.82) is 0 Å². The van der Waals surface area contributed by atoms with E-state index in [0.29, 0.717) is 6.42 Å². The number of carbonyl (C=O) groups is 6. The summed E-state index contributed by atoms with van der Waals surface area (Å²) >= 11 is 0. The fourth-order valence-electron chi connectivity index (χ4n) is 2.58. The van der Waals surface area contributed by atoms with Crippen LogP contribution in [0.25, 0.3) is 0 Å². The first kappa shape index (κ1) is 31.0. The number of carboxylic acid groups (broad SMARTS) is 3. The van der Waals surface area contributed by atoms with Gasteiger partial charge in [-0.2, -0.15) is 0 Å². The Hall–Kier alpha value is -3.99. The molecule has 0 rings (SSSR count). The molecule has 0 radical (unpaired) electrons. The van der Waals surface area contributed by atoms with Crippen LogP contribution < -0.4 is 33.2 Å². The molecule has 0 heterocycles. The first-order chi connectivity index (χ1) is 16.3. The zero-order valence-corrected chi connectivity index (χ0v) is 18.7. The van der Waals surface area contributed by atoms with Crippen LogP contribution in [0.4, 0.5) is 0 Å². The van der Waals surface area contributed by atoms with Gasteiger partial charge in [-0.15, -0.1) is 0 Å². The monoisotopic (exact) mass is 505 g/mol. The molecule has 0 aliphatic rings. The number of nitrogens with one attached hydrogen (secondary N) is 3. The van der Waals surface area contributed by atoms with E-state index in [1.807, 2.05) is 5.32 Å². The van der Waals surface area contributed by atoms with Crippen molar-refractivity contribution in [3.8, 4) is 0 Å². The highest BCUT2D eigenvalue weighted by molar-refractivity contribution is 5.95. The number of hydrogen-bond acceptors (Lipinski definition) is 9. The van der Waals surface area contributed by atoms with Crippen molar-refractivity contribution >= 4 is 41.6 Å². The van der Waals surface area contributed by atoms with E-state index in [9.17, 15) is 28.8 Å². The van der Waals surface area contributed by atoms with Crippen LogP contribution in [0.5, 0.6) is 0 Å². The molecule has 0 aliphatic heterocycles. The van der Waals surface area contributed by atoms with Crippen LogP contribution in [0.15, 0.2) is 4.99 Å². The molecule has 0 aliphatic carbocycles. The first-order valence-electron chi connectivity index (χ1n) is 10.3. The first-order valence-corrected chi connectivity index (χ1v) is 10.3. The molecule has 0 aromatic heterocycles. The Morgan fingerprint density at radius 3 is 1.80 bits per heavy atom. The van der Waals surface area contributed by atoms with Gasteiger partial charge in [-0.05, 0) is 19.3 Å². The predicted molar refractivity (Wildman–Crippen MR) is 118 cm³/mol. The molecule has 4 unspecified atom stereocenters. The zero-order valence-electron chi connectivity index (χ0n) is 18.7. The number of aliphatic hydroxyl groups is 1. The largest absolute Gasteiger partial charge is 0.481 e. The highest BCUT2D eigenvalue weighted by Crippen LogP contribution is 2.04. The molecule has 0 saturated heterocycles. The number of rotatable bonds is 17. The van der Waals surface area contributed by atoms with Crippen LogP contribution >= 0.6 is 0 Å². The molecule has 3 amide bonds. The lowest BCUT2D eigenvalue weighted by molar-refractivity contribution is -0.144. The van der Waals surface area contributed by atoms with Crippen LogP contribution in [0.2, 0.25) is 0 Å². The second-order valence-electron chi connectivity index (χ2n) is 7.29.